The molecule has 1 N–H and O–H groups in total. The van der Waals surface area contributed by atoms with Gasteiger partial charge in [0.15, 0.2) is 0 Å². The number of hydrogen-bond acceptors (Lipinski definition) is 0. The van der Waals surface area contributed by atoms with Crippen molar-refractivity contribution in [2.45, 2.75) is 0 Å². The number of aromatic nitrogens is 1. The first-order chi connectivity index (χ1) is 7.33. The van der Waals surface area contributed by atoms with Crippen molar-refractivity contribution < 1.29 is 0 Å². The molecule has 1 nitrogen and oxygen atoms in total. The van der Waals surface area contributed by atoms with Gasteiger partial charge in [-0.2, -0.15) is 0 Å². The Morgan fingerprint density at radius 3 is 2.73 bits per heavy atom. The predicted octanol–water partition coefficient (Wildman–Crippen LogP) is 2.10. The van der Waals surface area contributed by atoms with E-state index in [4.69, 9.17) is 0 Å². The average molecular weight is 195 g/mol. The molecule has 0 spiro atoms. The summed E-state index contributed by atoms with van der Waals surface area (Å²) in [5.74, 6) is 0. The van der Waals surface area contributed by atoms with Gasteiger partial charge in [-0.15, -0.1) is 0 Å². The van der Waals surface area contributed by atoms with Gasteiger partial charge in [-0.05, 0) is 6.07 Å². The van der Waals surface area contributed by atoms with Crippen LogP contribution in [0.3, 0.4) is 0 Å². The molecule has 1 aromatic heterocycles. The maximum atomic E-state index is 3.99. The van der Waals surface area contributed by atoms with Crippen molar-refractivity contribution >= 4 is 23.6 Å². The number of rotatable bonds is 2. The molecular formula is C14H13N. The van der Waals surface area contributed by atoms with Gasteiger partial charge in [0.1, 0.15) is 0 Å². The van der Waals surface area contributed by atoms with Crippen LogP contribution < -0.4 is 10.6 Å². The summed E-state index contributed by atoms with van der Waals surface area (Å²) in [6, 6.07) is 8.19. The number of allylic oxidation sites excluding steroid dienone is 3. The second-order valence-electron chi connectivity index (χ2n) is 3.35. The Morgan fingerprint density at radius 2 is 1.93 bits per heavy atom. The fourth-order valence-corrected chi connectivity index (χ4v) is 1.64. The molecule has 0 unspecified atom stereocenters. The van der Waals surface area contributed by atoms with Crippen LogP contribution in [0, 0.1) is 0 Å². The molecule has 0 aliphatic rings. The highest BCUT2D eigenvalue weighted by Crippen LogP contribution is 2.03. The van der Waals surface area contributed by atoms with Crippen LogP contribution in [-0.4, -0.2) is 4.98 Å². The summed E-state index contributed by atoms with van der Waals surface area (Å²) in [6.45, 7) is 7.62. The van der Waals surface area contributed by atoms with Crippen LogP contribution in [0.5, 0.6) is 0 Å². The molecule has 2 aromatic rings. The Balaban J connectivity index is 2.74. The quantitative estimate of drug-likeness (QED) is 0.706. The van der Waals surface area contributed by atoms with Crippen molar-refractivity contribution in [3.63, 3.8) is 0 Å². The van der Waals surface area contributed by atoms with Crippen molar-refractivity contribution in [2.24, 2.45) is 0 Å². The third kappa shape index (κ3) is 1.77. The maximum absolute atomic E-state index is 3.99. The van der Waals surface area contributed by atoms with E-state index in [0.717, 1.165) is 16.1 Å². The lowest BCUT2D eigenvalue weighted by molar-refractivity contribution is 1.37. The molecule has 0 amide bonds. The molecule has 0 aliphatic carbocycles. The van der Waals surface area contributed by atoms with E-state index in [2.05, 4.69) is 30.3 Å². The third-order valence-corrected chi connectivity index (χ3v) is 2.34. The molecule has 2 rings (SSSR count). The highest BCUT2D eigenvalue weighted by molar-refractivity contribution is 5.81. The zero-order valence-electron chi connectivity index (χ0n) is 8.53. The lowest BCUT2D eigenvalue weighted by Crippen LogP contribution is -2.19. The minimum Gasteiger partial charge on any atom is -0.355 e. The summed E-state index contributed by atoms with van der Waals surface area (Å²) in [7, 11) is 0. The van der Waals surface area contributed by atoms with Crippen LogP contribution in [0.2, 0.25) is 0 Å². The lowest BCUT2D eigenvalue weighted by atomic mass is 10.2. The maximum Gasteiger partial charge on any atom is 0.0464 e. The summed E-state index contributed by atoms with van der Waals surface area (Å²) < 4.78 is 0. The molecule has 1 heterocycles. The zero-order chi connectivity index (χ0) is 10.7. The lowest BCUT2D eigenvalue weighted by Gasteiger charge is -1.85. The van der Waals surface area contributed by atoms with Crippen molar-refractivity contribution in [3.05, 3.63) is 59.6 Å². The molecule has 0 radical (unpaired) electrons. The minimum atomic E-state index is 0.949. The second kappa shape index (κ2) is 4.01. The first-order valence-corrected chi connectivity index (χ1v) is 4.88. The van der Waals surface area contributed by atoms with Crippen LogP contribution in [0.25, 0.3) is 23.6 Å². The third-order valence-electron chi connectivity index (χ3n) is 2.34. The van der Waals surface area contributed by atoms with E-state index in [-0.39, 0.29) is 0 Å². The van der Waals surface area contributed by atoms with Gasteiger partial charge in [0, 0.05) is 21.5 Å². The van der Waals surface area contributed by atoms with Crippen molar-refractivity contribution in [3.8, 4) is 0 Å². The Bertz CT molecular complexity index is 614. The molecule has 0 saturated carbocycles. The highest BCUT2D eigenvalue weighted by atomic mass is 14.7. The van der Waals surface area contributed by atoms with Gasteiger partial charge < -0.3 is 4.98 Å². The molecule has 0 fully saturated rings. The van der Waals surface area contributed by atoms with E-state index in [0.29, 0.717) is 0 Å². The fourth-order valence-electron chi connectivity index (χ4n) is 1.64. The van der Waals surface area contributed by atoms with E-state index >= 15 is 0 Å². The standard InChI is InChI=1S/C14H13N/c1-3-4-5-8-12-11(2)15-14-10-7-6-9-13(12)14/h3-10,15H,1-2H2/b5-4-,12-8+. The van der Waals surface area contributed by atoms with E-state index in [1.807, 2.05) is 30.4 Å². The summed E-state index contributed by atoms with van der Waals surface area (Å²) in [4.78, 5) is 3.25. The van der Waals surface area contributed by atoms with Gasteiger partial charge in [0.05, 0.1) is 0 Å². The Kier molecular flexibility index (Phi) is 2.55. The largest absolute Gasteiger partial charge is 0.355 e. The number of fused-ring (bicyclic) bond motifs is 1. The summed E-state index contributed by atoms with van der Waals surface area (Å²) in [5, 5.41) is 3.30. The number of H-pyrrole nitrogens is 1. The van der Waals surface area contributed by atoms with Crippen LogP contribution in [0.15, 0.2) is 49.1 Å². The van der Waals surface area contributed by atoms with E-state index in [1.165, 1.54) is 5.39 Å². The molecule has 1 heteroatoms. The van der Waals surface area contributed by atoms with Gasteiger partial charge in [-0.1, -0.05) is 55.7 Å². The SMILES string of the molecule is C=C/C=C\C=c1/c(=C)[nH]c2ccccc12. The molecule has 0 atom stereocenters. The second-order valence-corrected chi connectivity index (χ2v) is 3.35. The highest BCUT2D eigenvalue weighted by Gasteiger charge is 1.95. The Morgan fingerprint density at radius 1 is 1.13 bits per heavy atom. The molecule has 1 aromatic carbocycles. The van der Waals surface area contributed by atoms with Crippen LogP contribution in [0.1, 0.15) is 0 Å². The van der Waals surface area contributed by atoms with Crippen molar-refractivity contribution in [1.82, 2.24) is 4.98 Å². The van der Waals surface area contributed by atoms with Crippen LogP contribution in [-0.2, 0) is 0 Å². The minimum absolute atomic E-state index is 0.949. The number of aromatic amines is 1. The Labute approximate surface area is 88.8 Å². The molecule has 0 aliphatic heterocycles. The normalized spacial score (nSPS) is 12.7. The first-order valence-electron chi connectivity index (χ1n) is 4.88. The predicted molar refractivity (Wildman–Crippen MR) is 66.9 cm³/mol. The van der Waals surface area contributed by atoms with E-state index in [1.54, 1.807) is 6.08 Å². The van der Waals surface area contributed by atoms with Crippen LogP contribution >= 0.6 is 0 Å². The van der Waals surface area contributed by atoms with E-state index in [9.17, 15) is 0 Å². The first kappa shape index (κ1) is 9.53. The number of benzene rings is 1. The van der Waals surface area contributed by atoms with Gasteiger partial charge in [0.2, 0.25) is 0 Å². The number of para-hydroxylation sites is 1. The Hall–Kier alpha value is -2.02. The smallest absolute Gasteiger partial charge is 0.0464 e. The van der Waals surface area contributed by atoms with Crippen LogP contribution in [0.4, 0.5) is 0 Å². The topological polar surface area (TPSA) is 15.8 Å². The van der Waals surface area contributed by atoms with Gasteiger partial charge in [-0.3, -0.25) is 0 Å². The van der Waals surface area contributed by atoms with Gasteiger partial charge in [0.25, 0.3) is 0 Å². The average Bonchev–Trinajstić information content (AvgIpc) is 2.56. The molecule has 0 bridgehead atoms. The van der Waals surface area contributed by atoms with Gasteiger partial charge >= 0.3 is 0 Å². The molecule has 74 valence electrons. The molecular weight excluding hydrogens is 182 g/mol. The number of hydrogen-bond donors (Lipinski definition) is 1. The fraction of sp³-hybridized carbons (Fsp3) is 0. The monoisotopic (exact) mass is 195 g/mol. The summed E-state index contributed by atoms with van der Waals surface area (Å²) >= 11 is 0. The van der Waals surface area contributed by atoms with E-state index < -0.39 is 0 Å². The van der Waals surface area contributed by atoms with Gasteiger partial charge in [-0.25, -0.2) is 0 Å². The molecule has 15 heavy (non-hydrogen) atoms. The zero-order valence-corrected chi connectivity index (χ0v) is 8.53. The number of nitrogens with one attached hydrogen (secondary N) is 1. The van der Waals surface area contributed by atoms with Crippen molar-refractivity contribution in [1.29, 1.82) is 0 Å². The molecule has 0 saturated heterocycles. The summed E-state index contributed by atoms with van der Waals surface area (Å²) in [5.41, 5.74) is 1.13. The summed E-state index contributed by atoms with van der Waals surface area (Å²) in [6.07, 6.45) is 7.68. The van der Waals surface area contributed by atoms with Crippen molar-refractivity contribution in [2.75, 3.05) is 0 Å².